The third-order valence-electron chi connectivity index (χ3n) is 4.34. The fourth-order valence-electron chi connectivity index (χ4n) is 2.63. The highest BCUT2D eigenvalue weighted by Gasteiger charge is 2.26. The lowest BCUT2D eigenvalue weighted by molar-refractivity contribution is -0.122. The Bertz CT molecular complexity index is 908. The number of rotatable bonds is 5. The van der Waals surface area contributed by atoms with E-state index < -0.39 is 15.8 Å². The van der Waals surface area contributed by atoms with E-state index in [1.54, 1.807) is 25.1 Å². The molecule has 1 amide bonds. The largest absolute Gasteiger partial charge is 0.326 e. The highest BCUT2D eigenvalue weighted by molar-refractivity contribution is 7.92. The topological polar surface area (TPSA) is 75.3 Å². The molecular weight excluding hydrogens is 343 g/mol. The zero-order chi connectivity index (χ0) is 18.0. The molecule has 132 valence electrons. The summed E-state index contributed by atoms with van der Waals surface area (Å²) in [7, 11) is -3.98. The summed E-state index contributed by atoms with van der Waals surface area (Å²) in [5, 5.41) is 2.75. The molecule has 3 rings (SSSR count). The molecule has 0 spiro atoms. The molecule has 1 saturated carbocycles. The highest BCUT2D eigenvalue weighted by Crippen LogP contribution is 2.29. The maximum atomic E-state index is 13.7. The molecule has 1 fully saturated rings. The van der Waals surface area contributed by atoms with E-state index in [2.05, 4.69) is 10.0 Å². The van der Waals surface area contributed by atoms with Crippen LogP contribution in [0.1, 0.15) is 24.8 Å². The van der Waals surface area contributed by atoms with Crippen LogP contribution in [0, 0.1) is 18.7 Å². The van der Waals surface area contributed by atoms with Crippen LogP contribution in [0.4, 0.5) is 15.8 Å². The Labute approximate surface area is 146 Å². The van der Waals surface area contributed by atoms with Gasteiger partial charge in [-0.05, 0) is 49.6 Å². The molecule has 0 radical (unpaired) electrons. The summed E-state index contributed by atoms with van der Waals surface area (Å²) < 4.78 is 41.2. The SMILES string of the molecule is Cc1ccc(NC(=O)C2CCC2)cc1S(=O)(=O)Nc1ccccc1F. The summed E-state index contributed by atoms with van der Waals surface area (Å²) in [5.41, 5.74) is 0.799. The number of carbonyl (C=O) groups excluding carboxylic acids is 1. The lowest BCUT2D eigenvalue weighted by atomic mass is 9.85. The van der Waals surface area contributed by atoms with E-state index in [4.69, 9.17) is 0 Å². The van der Waals surface area contributed by atoms with Crippen molar-refractivity contribution in [2.45, 2.75) is 31.1 Å². The van der Waals surface area contributed by atoms with Gasteiger partial charge in [-0.3, -0.25) is 9.52 Å². The van der Waals surface area contributed by atoms with E-state index in [0.717, 1.165) is 19.3 Å². The van der Waals surface area contributed by atoms with Crippen molar-refractivity contribution >= 4 is 27.3 Å². The van der Waals surface area contributed by atoms with Crippen LogP contribution in [0.5, 0.6) is 0 Å². The molecule has 1 aliphatic carbocycles. The lowest BCUT2D eigenvalue weighted by Gasteiger charge is -2.24. The number of hydrogen-bond acceptors (Lipinski definition) is 3. The number of carbonyl (C=O) groups is 1. The molecule has 25 heavy (non-hydrogen) atoms. The lowest BCUT2D eigenvalue weighted by Crippen LogP contribution is -2.28. The van der Waals surface area contributed by atoms with Crippen LogP contribution in [0.2, 0.25) is 0 Å². The van der Waals surface area contributed by atoms with Crippen LogP contribution in [-0.4, -0.2) is 14.3 Å². The molecule has 0 heterocycles. The Kier molecular flexibility index (Phi) is 4.76. The molecule has 0 saturated heterocycles. The fourth-order valence-corrected chi connectivity index (χ4v) is 3.96. The Balaban J connectivity index is 1.86. The van der Waals surface area contributed by atoms with Crippen molar-refractivity contribution in [2.75, 3.05) is 10.0 Å². The van der Waals surface area contributed by atoms with E-state index in [1.807, 2.05) is 0 Å². The summed E-state index contributed by atoms with van der Waals surface area (Å²) in [6.45, 7) is 1.65. The van der Waals surface area contributed by atoms with Gasteiger partial charge in [0.1, 0.15) is 5.82 Å². The van der Waals surface area contributed by atoms with Gasteiger partial charge < -0.3 is 5.32 Å². The molecular formula is C18H19FN2O3S. The molecule has 0 aromatic heterocycles. The maximum Gasteiger partial charge on any atom is 0.262 e. The molecule has 0 aliphatic heterocycles. The van der Waals surface area contributed by atoms with Gasteiger partial charge in [-0.2, -0.15) is 0 Å². The number of nitrogens with one attached hydrogen (secondary N) is 2. The molecule has 5 nitrogen and oxygen atoms in total. The second-order valence-electron chi connectivity index (χ2n) is 6.18. The van der Waals surface area contributed by atoms with Crippen LogP contribution in [0.25, 0.3) is 0 Å². The quantitative estimate of drug-likeness (QED) is 0.852. The van der Waals surface area contributed by atoms with Crippen LogP contribution in [0.3, 0.4) is 0 Å². The number of hydrogen-bond donors (Lipinski definition) is 2. The van der Waals surface area contributed by atoms with Gasteiger partial charge in [0.05, 0.1) is 10.6 Å². The van der Waals surface area contributed by atoms with Crippen molar-refractivity contribution in [1.29, 1.82) is 0 Å². The smallest absolute Gasteiger partial charge is 0.262 e. The third-order valence-corrected chi connectivity index (χ3v) is 5.85. The Morgan fingerprint density at radius 3 is 2.52 bits per heavy atom. The highest BCUT2D eigenvalue weighted by atomic mass is 32.2. The average molecular weight is 362 g/mol. The van der Waals surface area contributed by atoms with Gasteiger partial charge in [0.15, 0.2) is 0 Å². The number of sulfonamides is 1. The Morgan fingerprint density at radius 2 is 1.88 bits per heavy atom. The monoisotopic (exact) mass is 362 g/mol. The Hall–Kier alpha value is -2.41. The molecule has 1 aliphatic rings. The average Bonchev–Trinajstić information content (AvgIpc) is 2.49. The third kappa shape index (κ3) is 3.82. The first-order valence-corrected chi connectivity index (χ1v) is 9.54. The first-order valence-electron chi connectivity index (χ1n) is 8.06. The van der Waals surface area contributed by atoms with Crippen LogP contribution >= 0.6 is 0 Å². The number of amides is 1. The van der Waals surface area contributed by atoms with E-state index >= 15 is 0 Å². The fraction of sp³-hybridized carbons (Fsp3) is 0.278. The predicted octanol–water partition coefficient (Wildman–Crippen LogP) is 3.67. The summed E-state index contributed by atoms with van der Waals surface area (Å²) >= 11 is 0. The minimum atomic E-state index is -3.98. The van der Waals surface area contributed by atoms with Gasteiger partial charge in [-0.1, -0.05) is 24.6 Å². The summed E-state index contributed by atoms with van der Waals surface area (Å²) in [5.74, 6) is -0.753. The van der Waals surface area contributed by atoms with Crippen molar-refractivity contribution in [1.82, 2.24) is 0 Å². The molecule has 0 atom stereocenters. The van der Waals surface area contributed by atoms with Crippen molar-refractivity contribution in [3.63, 3.8) is 0 Å². The molecule has 2 aromatic carbocycles. The van der Waals surface area contributed by atoms with Crippen molar-refractivity contribution in [2.24, 2.45) is 5.92 Å². The van der Waals surface area contributed by atoms with Gasteiger partial charge in [-0.25, -0.2) is 12.8 Å². The minimum Gasteiger partial charge on any atom is -0.326 e. The first kappa shape index (κ1) is 17.4. The summed E-state index contributed by atoms with van der Waals surface area (Å²) in [6, 6.07) is 10.2. The molecule has 2 aromatic rings. The molecule has 0 bridgehead atoms. The zero-order valence-corrected chi connectivity index (χ0v) is 14.6. The van der Waals surface area contributed by atoms with Gasteiger partial charge in [0.2, 0.25) is 5.91 Å². The molecule has 0 unspecified atom stereocenters. The van der Waals surface area contributed by atoms with Gasteiger partial charge in [0.25, 0.3) is 10.0 Å². The van der Waals surface area contributed by atoms with E-state index in [0.29, 0.717) is 11.3 Å². The van der Waals surface area contributed by atoms with Crippen molar-refractivity contribution in [3.05, 3.63) is 53.8 Å². The van der Waals surface area contributed by atoms with E-state index in [-0.39, 0.29) is 22.4 Å². The standard InChI is InChI=1S/C18H19FN2O3S/c1-12-9-10-14(20-18(22)13-5-4-6-13)11-17(12)25(23,24)21-16-8-3-2-7-15(16)19/h2-3,7-11,13,21H,4-6H2,1H3,(H,20,22). The number of halogens is 1. The first-order chi connectivity index (χ1) is 11.9. The number of anilines is 2. The summed E-state index contributed by atoms with van der Waals surface area (Å²) in [4.78, 5) is 12.1. The van der Waals surface area contributed by atoms with Crippen LogP contribution in [-0.2, 0) is 14.8 Å². The molecule has 7 heteroatoms. The van der Waals surface area contributed by atoms with Crippen LogP contribution in [0.15, 0.2) is 47.4 Å². The summed E-state index contributed by atoms with van der Waals surface area (Å²) in [6.07, 6.45) is 2.76. The number of aryl methyl sites for hydroxylation is 1. The second kappa shape index (κ2) is 6.84. The normalized spacial score (nSPS) is 14.6. The number of para-hydroxylation sites is 1. The Morgan fingerprint density at radius 1 is 1.16 bits per heavy atom. The number of benzene rings is 2. The minimum absolute atomic E-state index is 0.00194. The van der Waals surface area contributed by atoms with Gasteiger partial charge in [-0.15, -0.1) is 0 Å². The van der Waals surface area contributed by atoms with Gasteiger partial charge >= 0.3 is 0 Å². The van der Waals surface area contributed by atoms with E-state index in [9.17, 15) is 17.6 Å². The predicted molar refractivity (Wildman–Crippen MR) is 94.4 cm³/mol. The second-order valence-corrected chi connectivity index (χ2v) is 7.83. The molecule has 2 N–H and O–H groups in total. The zero-order valence-electron chi connectivity index (χ0n) is 13.8. The van der Waals surface area contributed by atoms with Crippen molar-refractivity contribution < 1.29 is 17.6 Å². The maximum absolute atomic E-state index is 13.7. The van der Waals surface area contributed by atoms with E-state index in [1.165, 1.54) is 24.3 Å². The van der Waals surface area contributed by atoms with Crippen LogP contribution < -0.4 is 10.0 Å². The van der Waals surface area contributed by atoms with Crippen molar-refractivity contribution in [3.8, 4) is 0 Å². The van der Waals surface area contributed by atoms with Gasteiger partial charge in [0, 0.05) is 11.6 Å².